The van der Waals surface area contributed by atoms with Crippen molar-refractivity contribution in [1.82, 2.24) is 10.2 Å². The Bertz CT molecular complexity index is 567. The zero-order chi connectivity index (χ0) is 16.3. The summed E-state index contributed by atoms with van der Waals surface area (Å²) in [4.78, 5) is 25.9. The lowest BCUT2D eigenvalue weighted by molar-refractivity contribution is -0.126. The van der Waals surface area contributed by atoms with Crippen LogP contribution in [-0.4, -0.2) is 42.4 Å². The van der Waals surface area contributed by atoms with Gasteiger partial charge in [-0.25, -0.2) is 0 Å². The first-order valence-electron chi connectivity index (χ1n) is 7.75. The molecule has 5 heteroatoms. The average molecular weight is 303 g/mol. The van der Waals surface area contributed by atoms with Crippen molar-refractivity contribution < 1.29 is 9.59 Å². The van der Waals surface area contributed by atoms with E-state index in [0.717, 1.165) is 29.7 Å². The van der Waals surface area contributed by atoms with E-state index in [4.69, 9.17) is 0 Å². The molecule has 2 N–H and O–H groups in total. The number of anilines is 1. The number of carbonyl (C=O) groups excluding carboxylic acids is 2. The van der Waals surface area contributed by atoms with Crippen LogP contribution in [-0.2, 0) is 9.59 Å². The number of likely N-dealkylation sites (N-methyl/N-ethyl adjacent to an activating group) is 1. The molecule has 0 saturated heterocycles. The number of nitrogens with one attached hydrogen (secondary N) is 2. The fourth-order valence-corrected chi connectivity index (χ4v) is 2.19. The third-order valence-electron chi connectivity index (χ3n) is 4.24. The van der Waals surface area contributed by atoms with Crippen LogP contribution in [0.2, 0.25) is 0 Å². The summed E-state index contributed by atoms with van der Waals surface area (Å²) in [7, 11) is 1.79. The van der Waals surface area contributed by atoms with E-state index in [-0.39, 0.29) is 24.4 Å². The molecule has 5 nitrogen and oxygen atoms in total. The predicted molar refractivity (Wildman–Crippen MR) is 87.8 cm³/mol. The third kappa shape index (κ3) is 4.31. The Morgan fingerprint density at radius 1 is 1.32 bits per heavy atom. The van der Waals surface area contributed by atoms with Gasteiger partial charge in [0.1, 0.15) is 0 Å². The number of amides is 2. The minimum absolute atomic E-state index is 0.00969. The van der Waals surface area contributed by atoms with Crippen molar-refractivity contribution in [2.24, 2.45) is 0 Å². The molecule has 0 aliphatic heterocycles. The summed E-state index contributed by atoms with van der Waals surface area (Å²) in [5.41, 5.74) is 3.04. The van der Waals surface area contributed by atoms with Crippen LogP contribution in [0.1, 0.15) is 30.9 Å². The van der Waals surface area contributed by atoms with Crippen LogP contribution in [0, 0.1) is 13.8 Å². The molecule has 0 bridgehead atoms. The van der Waals surface area contributed by atoms with Crippen LogP contribution in [0.4, 0.5) is 5.69 Å². The molecule has 1 atom stereocenters. The number of aryl methyl sites for hydroxylation is 1. The number of carbonyl (C=O) groups is 2. The van der Waals surface area contributed by atoms with Crippen molar-refractivity contribution in [2.75, 3.05) is 18.9 Å². The van der Waals surface area contributed by atoms with Gasteiger partial charge in [0.05, 0.1) is 12.6 Å². The molecule has 1 aliphatic rings. The van der Waals surface area contributed by atoms with Gasteiger partial charge in [0.15, 0.2) is 0 Å². The quantitative estimate of drug-likeness (QED) is 0.843. The molecule has 120 valence electrons. The van der Waals surface area contributed by atoms with Gasteiger partial charge in [0.2, 0.25) is 11.8 Å². The summed E-state index contributed by atoms with van der Waals surface area (Å²) in [6.45, 7) is 6.01. The molecule has 0 unspecified atom stereocenters. The molecule has 1 aromatic carbocycles. The molecule has 1 aliphatic carbocycles. The van der Waals surface area contributed by atoms with Gasteiger partial charge in [-0.15, -0.1) is 0 Å². The summed E-state index contributed by atoms with van der Waals surface area (Å²) in [5.74, 6) is -0.119. The van der Waals surface area contributed by atoms with Gasteiger partial charge >= 0.3 is 0 Å². The largest absolute Gasteiger partial charge is 0.352 e. The minimum Gasteiger partial charge on any atom is -0.352 e. The van der Waals surface area contributed by atoms with Gasteiger partial charge < -0.3 is 10.6 Å². The monoisotopic (exact) mass is 303 g/mol. The third-order valence-corrected chi connectivity index (χ3v) is 4.24. The maximum Gasteiger partial charge on any atom is 0.238 e. The van der Waals surface area contributed by atoms with Crippen LogP contribution in [0.25, 0.3) is 0 Å². The molecule has 1 saturated carbocycles. The summed E-state index contributed by atoms with van der Waals surface area (Å²) in [6.07, 6.45) is 2.13. The molecule has 0 radical (unpaired) electrons. The topological polar surface area (TPSA) is 61.4 Å². The molecule has 1 aromatic rings. The van der Waals surface area contributed by atoms with Gasteiger partial charge in [-0.05, 0) is 57.9 Å². The number of rotatable bonds is 6. The summed E-state index contributed by atoms with van der Waals surface area (Å²) >= 11 is 0. The van der Waals surface area contributed by atoms with E-state index in [9.17, 15) is 9.59 Å². The molecule has 2 amide bonds. The highest BCUT2D eigenvalue weighted by Gasteiger charge is 2.27. The van der Waals surface area contributed by atoms with Crippen molar-refractivity contribution >= 4 is 17.5 Å². The Morgan fingerprint density at radius 3 is 2.64 bits per heavy atom. The van der Waals surface area contributed by atoms with Crippen LogP contribution in [0.5, 0.6) is 0 Å². The van der Waals surface area contributed by atoms with Gasteiger partial charge in [0.25, 0.3) is 0 Å². The summed E-state index contributed by atoms with van der Waals surface area (Å²) in [5, 5.41) is 5.88. The second kappa shape index (κ2) is 6.92. The molecular formula is C17H25N3O2. The average Bonchev–Trinajstić information content (AvgIpc) is 3.26. The Labute approximate surface area is 132 Å². The zero-order valence-electron chi connectivity index (χ0n) is 13.8. The maximum absolute atomic E-state index is 12.2. The van der Waals surface area contributed by atoms with Crippen LogP contribution in [0.3, 0.4) is 0 Å². The molecule has 2 rings (SSSR count). The van der Waals surface area contributed by atoms with Crippen LogP contribution < -0.4 is 10.6 Å². The number of hydrogen-bond donors (Lipinski definition) is 2. The first kappa shape index (κ1) is 16.5. The standard InChI is InChI=1S/C17H25N3O2/c1-11-6-5-7-15(12(11)2)19-16(21)10-20(4)13(3)17(22)18-14-8-9-14/h5-7,13-14H,8-10H2,1-4H3,(H,18,22)(H,19,21)/t13-/m0/s1. The normalized spacial score (nSPS) is 15.5. The first-order valence-corrected chi connectivity index (χ1v) is 7.75. The molecule has 0 aromatic heterocycles. The van der Waals surface area contributed by atoms with E-state index in [1.165, 1.54) is 0 Å². The summed E-state index contributed by atoms with van der Waals surface area (Å²) in [6, 6.07) is 5.86. The smallest absolute Gasteiger partial charge is 0.238 e. The van der Waals surface area contributed by atoms with Crippen molar-refractivity contribution in [2.45, 2.75) is 45.7 Å². The van der Waals surface area contributed by atoms with Crippen LogP contribution in [0.15, 0.2) is 18.2 Å². The van der Waals surface area contributed by atoms with E-state index in [1.807, 2.05) is 39.0 Å². The second-order valence-electron chi connectivity index (χ2n) is 6.17. The van der Waals surface area contributed by atoms with E-state index in [1.54, 1.807) is 11.9 Å². The lowest BCUT2D eigenvalue weighted by atomic mass is 10.1. The lowest BCUT2D eigenvalue weighted by Gasteiger charge is -2.23. The predicted octanol–water partition coefficient (Wildman–Crippen LogP) is 1.84. The lowest BCUT2D eigenvalue weighted by Crippen LogP contribution is -2.46. The maximum atomic E-state index is 12.2. The Kier molecular flexibility index (Phi) is 5.19. The van der Waals surface area contributed by atoms with Gasteiger partial charge in [-0.1, -0.05) is 12.1 Å². The van der Waals surface area contributed by atoms with E-state index in [2.05, 4.69) is 10.6 Å². The Balaban J connectivity index is 1.87. The van der Waals surface area contributed by atoms with E-state index in [0.29, 0.717) is 6.04 Å². The van der Waals surface area contributed by atoms with Crippen molar-refractivity contribution in [3.8, 4) is 0 Å². The number of benzene rings is 1. The molecular weight excluding hydrogens is 278 g/mol. The second-order valence-corrected chi connectivity index (χ2v) is 6.17. The highest BCUT2D eigenvalue weighted by Crippen LogP contribution is 2.19. The number of nitrogens with zero attached hydrogens (tertiary/aromatic N) is 1. The number of hydrogen-bond acceptors (Lipinski definition) is 3. The Hall–Kier alpha value is -1.88. The van der Waals surface area contributed by atoms with Crippen molar-refractivity contribution in [1.29, 1.82) is 0 Å². The van der Waals surface area contributed by atoms with Gasteiger partial charge in [-0.2, -0.15) is 0 Å². The SMILES string of the molecule is Cc1cccc(NC(=O)CN(C)[C@@H](C)C(=O)NC2CC2)c1C. The highest BCUT2D eigenvalue weighted by atomic mass is 16.2. The van der Waals surface area contributed by atoms with Crippen molar-refractivity contribution in [3.63, 3.8) is 0 Å². The van der Waals surface area contributed by atoms with Gasteiger partial charge in [0, 0.05) is 11.7 Å². The fourth-order valence-electron chi connectivity index (χ4n) is 2.19. The zero-order valence-corrected chi connectivity index (χ0v) is 13.8. The Morgan fingerprint density at radius 2 is 2.00 bits per heavy atom. The molecule has 0 spiro atoms. The van der Waals surface area contributed by atoms with E-state index >= 15 is 0 Å². The molecule has 22 heavy (non-hydrogen) atoms. The van der Waals surface area contributed by atoms with Gasteiger partial charge in [-0.3, -0.25) is 14.5 Å². The molecule has 1 fully saturated rings. The minimum atomic E-state index is -0.315. The van der Waals surface area contributed by atoms with E-state index < -0.39 is 0 Å². The van der Waals surface area contributed by atoms with Crippen molar-refractivity contribution in [3.05, 3.63) is 29.3 Å². The molecule has 0 heterocycles. The summed E-state index contributed by atoms with van der Waals surface area (Å²) < 4.78 is 0. The highest BCUT2D eigenvalue weighted by molar-refractivity contribution is 5.93. The fraction of sp³-hybridized carbons (Fsp3) is 0.529. The first-order chi connectivity index (χ1) is 10.4. The van der Waals surface area contributed by atoms with Crippen LogP contribution >= 0.6 is 0 Å².